The van der Waals surface area contributed by atoms with Crippen molar-refractivity contribution in [1.82, 2.24) is 24.7 Å². The number of hydrogen-bond acceptors (Lipinski definition) is 7. The number of pyridine rings is 1. The molecule has 0 spiro atoms. The summed E-state index contributed by atoms with van der Waals surface area (Å²) in [6.45, 7) is 5.81. The molecule has 0 aromatic carbocycles. The number of aryl methyl sites for hydroxylation is 3. The number of fused-ring (bicyclic) bond motifs is 1. The average Bonchev–Trinajstić information content (AvgIpc) is 3.18. The molecule has 2 fully saturated rings. The van der Waals surface area contributed by atoms with Crippen molar-refractivity contribution in [3.05, 3.63) is 35.3 Å². The summed E-state index contributed by atoms with van der Waals surface area (Å²) in [5, 5.41) is 4.93. The van der Waals surface area contributed by atoms with Crippen LogP contribution in [-0.2, 0) is 11.8 Å². The van der Waals surface area contributed by atoms with E-state index in [2.05, 4.69) is 15.1 Å². The molecule has 0 bridgehead atoms. The lowest BCUT2D eigenvalue weighted by Gasteiger charge is -2.34. The molecule has 2 aliphatic rings. The fourth-order valence-corrected chi connectivity index (χ4v) is 4.20. The highest BCUT2D eigenvalue weighted by molar-refractivity contribution is 5.82. The van der Waals surface area contributed by atoms with E-state index in [1.54, 1.807) is 10.9 Å². The topological polar surface area (TPSA) is 78.2 Å². The molecule has 3 aromatic rings. The highest BCUT2D eigenvalue weighted by Gasteiger charge is 2.45. The van der Waals surface area contributed by atoms with Crippen LogP contribution >= 0.6 is 0 Å². The Morgan fingerprint density at radius 3 is 2.75 bits per heavy atom. The minimum absolute atomic E-state index is 0.143. The molecule has 8 nitrogen and oxygen atoms in total. The lowest BCUT2D eigenvalue weighted by Crippen LogP contribution is -2.39. The van der Waals surface area contributed by atoms with Crippen LogP contribution in [0.5, 0.6) is 5.88 Å². The van der Waals surface area contributed by atoms with Gasteiger partial charge in [0.25, 0.3) is 0 Å². The maximum Gasteiger partial charge on any atom is 0.248 e. The fourth-order valence-electron chi connectivity index (χ4n) is 4.20. The summed E-state index contributed by atoms with van der Waals surface area (Å²) in [5.41, 5.74) is 3.40. The van der Waals surface area contributed by atoms with Gasteiger partial charge in [0.05, 0.1) is 31.3 Å². The van der Waals surface area contributed by atoms with Gasteiger partial charge < -0.3 is 14.4 Å². The normalized spacial score (nSPS) is 21.0. The number of aromatic nitrogens is 5. The maximum atomic E-state index is 13.2. The van der Waals surface area contributed by atoms with Crippen LogP contribution in [0.2, 0.25) is 0 Å². The van der Waals surface area contributed by atoms with Crippen LogP contribution < -0.4 is 9.64 Å². The van der Waals surface area contributed by atoms with Gasteiger partial charge in [-0.2, -0.15) is 15.1 Å². The standard InChI is InChI=1S/C22H26F2N6O2/c1-13-6-17-19(26-14(13)2)27-21(28-20(17)32-12-15-7-22(23,24)8-15)30-4-5-31-18(11-30)16-9-25-29(3)10-16/h6,9-10,15,18H,4-5,7-8,11-12H2,1-3H3/t18-/m0/s1. The summed E-state index contributed by atoms with van der Waals surface area (Å²) in [5.74, 6) is -1.85. The third-order valence-corrected chi connectivity index (χ3v) is 6.16. The van der Waals surface area contributed by atoms with Gasteiger partial charge in [0, 0.05) is 49.8 Å². The van der Waals surface area contributed by atoms with Crippen molar-refractivity contribution in [3.63, 3.8) is 0 Å². The Kier molecular flexibility index (Phi) is 5.19. The zero-order valence-electron chi connectivity index (χ0n) is 18.4. The van der Waals surface area contributed by atoms with Crippen LogP contribution in [0.1, 0.15) is 35.8 Å². The van der Waals surface area contributed by atoms with Crippen LogP contribution in [0.3, 0.4) is 0 Å². The van der Waals surface area contributed by atoms with E-state index in [-0.39, 0.29) is 31.5 Å². The first-order valence-corrected chi connectivity index (χ1v) is 10.8. The van der Waals surface area contributed by atoms with Gasteiger partial charge in [0.15, 0.2) is 5.65 Å². The molecule has 3 aromatic heterocycles. The predicted octanol–water partition coefficient (Wildman–Crippen LogP) is 3.38. The van der Waals surface area contributed by atoms with Gasteiger partial charge in [-0.1, -0.05) is 0 Å². The highest BCUT2D eigenvalue weighted by atomic mass is 19.3. The number of anilines is 1. The van der Waals surface area contributed by atoms with Crippen LogP contribution in [-0.4, -0.2) is 57.0 Å². The van der Waals surface area contributed by atoms with Crippen LogP contribution in [0, 0.1) is 19.8 Å². The van der Waals surface area contributed by atoms with Gasteiger partial charge in [-0.25, -0.2) is 13.8 Å². The molecule has 1 aliphatic heterocycles. The highest BCUT2D eigenvalue weighted by Crippen LogP contribution is 2.42. The lowest BCUT2D eigenvalue weighted by molar-refractivity contribution is -0.119. The number of rotatable bonds is 5. The average molecular weight is 444 g/mol. The summed E-state index contributed by atoms with van der Waals surface area (Å²) >= 11 is 0. The van der Waals surface area contributed by atoms with Crippen molar-refractivity contribution in [2.24, 2.45) is 13.0 Å². The molecule has 32 heavy (non-hydrogen) atoms. The number of nitrogens with zero attached hydrogens (tertiary/aromatic N) is 6. The molecule has 1 atom stereocenters. The number of hydrogen-bond donors (Lipinski definition) is 0. The number of morpholine rings is 1. The van der Waals surface area contributed by atoms with E-state index in [0.29, 0.717) is 42.6 Å². The quantitative estimate of drug-likeness (QED) is 0.597. The summed E-state index contributed by atoms with van der Waals surface area (Å²) in [6, 6.07) is 1.95. The van der Waals surface area contributed by atoms with Gasteiger partial charge >= 0.3 is 0 Å². The Balaban J connectivity index is 1.44. The molecule has 0 amide bonds. The minimum atomic E-state index is -2.57. The number of alkyl halides is 2. The Morgan fingerprint density at radius 1 is 1.22 bits per heavy atom. The van der Waals surface area contributed by atoms with Crippen molar-refractivity contribution >= 4 is 17.0 Å². The van der Waals surface area contributed by atoms with Gasteiger partial charge in [-0.05, 0) is 25.5 Å². The van der Waals surface area contributed by atoms with E-state index < -0.39 is 5.92 Å². The number of ether oxygens (including phenoxy) is 2. The predicted molar refractivity (Wildman–Crippen MR) is 114 cm³/mol. The summed E-state index contributed by atoms with van der Waals surface area (Å²) in [6.07, 6.45) is 3.30. The molecule has 1 saturated heterocycles. The third-order valence-electron chi connectivity index (χ3n) is 6.16. The Bertz CT molecular complexity index is 1140. The Morgan fingerprint density at radius 2 is 2.03 bits per heavy atom. The molecule has 0 radical (unpaired) electrons. The van der Waals surface area contributed by atoms with E-state index in [4.69, 9.17) is 14.5 Å². The molecule has 0 N–H and O–H groups in total. The first kappa shape index (κ1) is 21.0. The second kappa shape index (κ2) is 7.91. The van der Waals surface area contributed by atoms with E-state index in [1.807, 2.05) is 38.1 Å². The maximum absolute atomic E-state index is 13.2. The van der Waals surface area contributed by atoms with E-state index in [1.165, 1.54) is 0 Å². The molecule has 1 aliphatic carbocycles. The molecule has 1 saturated carbocycles. The number of halogens is 2. The molecule has 4 heterocycles. The molecular weight excluding hydrogens is 418 g/mol. The van der Waals surface area contributed by atoms with Gasteiger partial charge in [0.1, 0.15) is 6.10 Å². The summed E-state index contributed by atoms with van der Waals surface area (Å²) in [4.78, 5) is 16.1. The molecular formula is C22H26F2N6O2. The van der Waals surface area contributed by atoms with Crippen molar-refractivity contribution < 1.29 is 18.3 Å². The smallest absolute Gasteiger partial charge is 0.248 e. The zero-order chi connectivity index (χ0) is 22.5. The monoisotopic (exact) mass is 444 g/mol. The molecule has 5 rings (SSSR count). The zero-order valence-corrected chi connectivity index (χ0v) is 18.4. The van der Waals surface area contributed by atoms with Crippen molar-refractivity contribution in [3.8, 4) is 5.88 Å². The van der Waals surface area contributed by atoms with Crippen LogP contribution in [0.4, 0.5) is 14.7 Å². The Labute approximate surface area is 184 Å². The minimum Gasteiger partial charge on any atom is -0.477 e. The van der Waals surface area contributed by atoms with Crippen molar-refractivity contribution in [2.75, 3.05) is 31.2 Å². The lowest BCUT2D eigenvalue weighted by atomic mass is 9.82. The largest absolute Gasteiger partial charge is 0.477 e. The third kappa shape index (κ3) is 4.11. The van der Waals surface area contributed by atoms with Crippen molar-refractivity contribution in [2.45, 2.75) is 38.7 Å². The summed E-state index contributed by atoms with van der Waals surface area (Å²) in [7, 11) is 1.87. The van der Waals surface area contributed by atoms with Crippen LogP contribution in [0.25, 0.3) is 11.0 Å². The molecule has 0 unspecified atom stereocenters. The second-order valence-corrected chi connectivity index (χ2v) is 8.78. The van der Waals surface area contributed by atoms with Gasteiger partial charge in [0.2, 0.25) is 17.8 Å². The van der Waals surface area contributed by atoms with E-state index in [0.717, 1.165) is 16.8 Å². The second-order valence-electron chi connectivity index (χ2n) is 8.78. The van der Waals surface area contributed by atoms with Crippen LogP contribution in [0.15, 0.2) is 18.5 Å². The first-order chi connectivity index (χ1) is 15.3. The Hall–Kier alpha value is -2.88. The SMILES string of the molecule is Cc1cc2c(OCC3CC(F)(F)C3)nc(N3CCO[C@H](c4cnn(C)c4)C3)nc2nc1C. The molecule has 170 valence electrons. The van der Waals surface area contributed by atoms with Crippen molar-refractivity contribution in [1.29, 1.82) is 0 Å². The fraction of sp³-hybridized carbons (Fsp3) is 0.545. The van der Waals surface area contributed by atoms with Gasteiger partial charge in [-0.15, -0.1) is 0 Å². The summed E-state index contributed by atoms with van der Waals surface area (Å²) < 4.78 is 40.1. The van der Waals surface area contributed by atoms with E-state index in [9.17, 15) is 8.78 Å². The van der Waals surface area contributed by atoms with E-state index >= 15 is 0 Å². The molecule has 10 heteroatoms. The van der Waals surface area contributed by atoms with Gasteiger partial charge in [-0.3, -0.25) is 4.68 Å². The first-order valence-electron chi connectivity index (χ1n) is 10.8.